The molecule has 0 saturated carbocycles. The molecule has 0 radical (unpaired) electrons. The van der Waals surface area contributed by atoms with Crippen LogP contribution >= 0.6 is 11.8 Å². The van der Waals surface area contributed by atoms with Crippen molar-refractivity contribution in [2.75, 3.05) is 31.2 Å². The first-order chi connectivity index (χ1) is 19.3. The predicted octanol–water partition coefficient (Wildman–Crippen LogP) is 3.89. The van der Waals surface area contributed by atoms with Crippen molar-refractivity contribution in [3.8, 4) is 5.75 Å². The van der Waals surface area contributed by atoms with Crippen molar-refractivity contribution in [2.45, 2.75) is 75.6 Å². The molecule has 41 heavy (non-hydrogen) atoms. The Morgan fingerprint density at radius 2 is 1.66 bits per heavy atom. The van der Waals surface area contributed by atoms with Gasteiger partial charge in [0.25, 0.3) is 0 Å². The van der Waals surface area contributed by atoms with Gasteiger partial charge in [-0.3, -0.25) is 14.4 Å². The van der Waals surface area contributed by atoms with Gasteiger partial charge in [-0.25, -0.2) is 0 Å². The molecule has 4 aliphatic heterocycles. The first kappa shape index (κ1) is 29.7. The predicted molar refractivity (Wildman–Crippen MR) is 162 cm³/mol. The number of likely N-dealkylation sites (tertiary alicyclic amines) is 1. The van der Waals surface area contributed by atoms with Crippen molar-refractivity contribution < 1.29 is 24.2 Å². The minimum atomic E-state index is -0.947. The molecule has 1 N–H and O–H groups in total. The number of aliphatic hydroxyl groups is 1. The second kappa shape index (κ2) is 10.5. The summed E-state index contributed by atoms with van der Waals surface area (Å²) < 4.78 is 3.95. The summed E-state index contributed by atoms with van der Waals surface area (Å²) in [7, 11) is 0. The van der Waals surface area contributed by atoms with E-state index in [-0.39, 0.29) is 30.2 Å². The average Bonchev–Trinajstić information content (AvgIpc) is 3.15. The first-order valence-electron chi connectivity index (χ1n) is 14.6. The Balaban J connectivity index is 1.64. The molecule has 1 spiro atoms. The van der Waals surface area contributed by atoms with Gasteiger partial charge >= 0.3 is 0 Å². The van der Waals surface area contributed by atoms with Gasteiger partial charge in [0, 0.05) is 29.1 Å². The Hall–Kier alpha value is -2.78. The summed E-state index contributed by atoms with van der Waals surface area (Å²) in [5, 5.41) is 10.5. The van der Waals surface area contributed by atoms with Gasteiger partial charge in [0.1, 0.15) is 11.8 Å². The van der Waals surface area contributed by atoms with E-state index in [0.717, 1.165) is 11.4 Å². The van der Waals surface area contributed by atoms with Crippen LogP contribution in [-0.4, -0.2) is 86.0 Å². The van der Waals surface area contributed by atoms with Crippen molar-refractivity contribution in [1.29, 1.82) is 0 Å². The number of hydrogen-bond acceptors (Lipinski definition) is 6. The van der Waals surface area contributed by atoms with Crippen molar-refractivity contribution in [3.63, 3.8) is 0 Å². The molecule has 222 valence electrons. The zero-order valence-electron chi connectivity index (χ0n) is 25.2. The van der Waals surface area contributed by atoms with Gasteiger partial charge in [0.2, 0.25) is 17.7 Å². The van der Waals surface area contributed by atoms with E-state index >= 15 is 0 Å². The summed E-state index contributed by atoms with van der Waals surface area (Å²) in [6, 6.07) is 6.08. The number of benzene rings is 1. The lowest BCUT2D eigenvalue weighted by Gasteiger charge is -2.43. The highest BCUT2D eigenvalue weighted by Gasteiger charge is 2.74. The van der Waals surface area contributed by atoms with E-state index in [1.807, 2.05) is 95.9 Å². The number of carbonyl (C=O) groups excluding carboxylic acids is 3. The molecule has 2 saturated heterocycles. The molecule has 4 heterocycles. The standard InChI is InChI=1S/C32H43N3O5S/c1-8-40-22-13-11-21(12-14-22)33-17-9-15-31(7)24(27(33)37)25-28(38)35(23(19-36)20(2)3)26-29(39)34(30(4,5)6)18-10-16-32(25,26)41-31/h9-16,20,23-26,36H,8,17-19H2,1-7H3/t23-,24-,25-,26?,31+,32-/m0/s1. The molecule has 1 aromatic rings. The average molecular weight is 582 g/mol. The van der Waals surface area contributed by atoms with Gasteiger partial charge in [-0.05, 0) is 64.8 Å². The summed E-state index contributed by atoms with van der Waals surface area (Å²) in [5.41, 5.74) is 0.267. The lowest BCUT2D eigenvalue weighted by molar-refractivity contribution is -0.149. The highest BCUT2D eigenvalue weighted by Crippen LogP contribution is 2.66. The summed E-state index contributed by atoms with van der Waals surface area (Å²) in [5.74, 6) is -1.29. The molecule has 2 fully saturated rings. The molecule has 4 aliphatic rings. The van der Waals surface area contributed by atoms with Crippen LogP contribution in [-0.2, 0) is 14.4 Å². The Morgan fingerprint density at radius 3 is 2.24 bits per heavy atom. The van der Waals surface area contributed by atoms with Crippen LogP contribution in [0.1, 0.15) is 48.5 Å². The number of aliphatic hydroxyl groups excluding tert-OH is 1. The normalized spacial score (nSPS) is 32.2. The topological polar surface area (TPSA) is 90.4 Å². The highest BCUT2D eigenvalue weighted by atomic mass is 32.2. The van der Waals surface area contributed by atoms with Crippen LogP contribution in [0.4, 0.5) is 5.69 Å². The number of anilines is 1. The Labute approximate surface area is 247 Å². The van der Waals surface area contributed by atoms with Gasteiger partial charge < -0.3 is 24.5 Å². The van der Waals surface area contributed by atoms with Crippen molar-refractivity contribution >= 4 is 35.2 Å². The summed E-state index contributed by atoms with van der Waals surface area (Å²) in [6.45, 7) is 15.0. The number of carbonyl (C=O) groups is 3. The molecule has 8 nitrogen and oxygen atoms in total. The number of amides is 3. The minimum Gasteiger partial charge on any atom is -0.494 e. The molecule has 3 amide bonds. The van der Waals surface area contributed by atoms with Crippen LogP contribution in [0.5, 0.6) is 5.75 Å². The fourth-order valence-electron chi connectivity index (χ4n) is 7.16. The molecular weight excluding hydrogens is 538 g/mol. The third kappa shape index (κ3) is 4.60. The molecular formula is C32H43N3O5S. The van der Waals surface area contributed by atoms with Gasteiger partial charge in [0.05, 0.1) is 35.8 Å². The molecule has 1 aromatic carbocycles. The van der Waals surface area contributed by atoms with Crippen LogP contribution in [0, 0.1) is 17.8 Å². The summed E-state index contributed by atoms with van der Waals surface area (Å²) in [6.07, 6.45) is 8.10. The maximum absolute atomic E-state index is 14.7. The molecule has 5 rings (SSSR count). The summed E-state index contributed by atoms with van der Waals surface area (Å²) in [4.78, 5) is 49.0. The van der Waals surface area contributed by atoms with E-state index in [2.05, 4.69) is 6.08 Å². The lowest BCUT2D eigenvalue weighted by Crippen LogP contribution is -2.60. The first-order valence-corrected chi connectivity index (χ1v) is 15.5. The van der Waals surface area contributed by atoms with E-state index in [4.69, 9.17) is 4.74 Å². The smallest absolute Gasteiger partial charge is 0.247 e. The summed E-state index contributed by atoms with van der Waals surface area (Å²) >= 11 is 1.57. The SMILES string of the molecule is CCOc1ccc(N2CC=C[C@@]3(C)S[C@]45C=CCN(C(C)(C)C)C(=O)C4N([C@@H](CO)C(C)C)C(=O)[C@@H]5[C@H]3C2=O)cc1. The molecule has 0 aromatic heterocycles. The number of ether oxygens (including phenoxy) is 1. The largest absolute Gasteiger partial charge is 0.494 e. The van der Waals surface area contributed by atoms with Gasteiger partial charge in [-0.15, -0.1) is 11.8 Å². The van der Waals surface area contributed by atoms with E-state index in [1.165, 1.54) is 0 Å². The van der Waals surface area contributed by atoms with Crippen LogP contribution in [0.25, 0.3) is 0 Å². The fraction of sp³-hybridized carbons (Fsp3) is 0.594. The Kier molecular flexibility index (Phi) is 7.60. The number of nitrogens with zero attached hydrogens (tertiary/aromatic N) is 3. The zero-order valence-corrected chi connectivity index (χ0v) is 26.0. The monoisotopic (exact) mass is 581 g/mol. The van der Waals surface area contributed by atoms with Crippen LogP contribution in [0.15, 0.2) is 48.6 Å². The molecule has 0 bridgehead atoms. The van der Waals surface area contributed by atoms with Gasteiger partial charge in [0.15, 0.2) is 0 Å². The molecule has 0 aliphatic carbocycles. The number of rotatable bonds is 6. The zero-order chi connectivity index (χ0) is 29.9. The van der Waals surface area contributed by atoms with E-state index in [0.29, 0.717) is 19.7 Å². The fourth-order valence-corrected chi connectivity index (χ4v) is 9.31. The van der Waals surface area contributed by atoms with Crippen LogP contribution in [0.3, 0.4) is 0 Å². The van der Waals surface area contributed by atoms with Crippen molar-refractivity contribution in [1.82, 2.24) is 9.80 Å². The van der Waals surface area contributed by atoms with Crippen molar-refractivity contribution in [2.24, 2.45) is 17.8 Å². The van der Waals surface area contributed by atoms with E-state index < -0.39 is 39.0 Å². The third-order valence-electron chi connectivity index (χ3n) is 9.08. The van der Waals surface area contributed by atoms with E-state index in [1.54, 1.807) is 21.6 Å². The third-order valence-corrected chi connectivity index (χ3v) is 10.9. The Morgan fingerprint density at radius 1 is 1.00 bits per heavy atom. The van der Waals surface area contributed by atoms with Gasteiger partial charge in [-0.1, -0.05) is 38.2 Å². The molecule has 1 unspecified atom stereocenters. The number of fused-ring (bicyclic) bond motifs is 2. The lowest BCUT2D eigenvalue weighted by atomic mass is 9.74. The second-order valence-electron chi connectivity index (χ2n) is 13.0. The minimum absolute atomic E-state index is 0.0792. The van der Waals surface area contributed by atoms with Crippen LogP contribution in [0.2, 0.25) is 0 Å². The maximum atomic E-state index is 14.7. The van der Waals surface area contributed by atoms with Gasteiger partial charge in [-0.2, -0.15) is 0 Å². The van der Waals surface area contributed by atoms with Crippen molar-refractivity contribution in [3.05, 3.63) is 48.6 Å². The quantitative estimate of drug-likeness (QED) is 0.513. The van der Waals surface area contributed by atoms with Crippen LogP contribution < -0.4 is 9.64 Å². The maximum Gasteiger partial charge on any atom is 0.247 e. The van der Waals surface area contributed by atoms with E-state index in [9.17, 15) is 19.5 Å². The highest BCUT2D eigenvalue weighted by molar-refractivity contribution is 8.02. The second-order valence-corrected chi connectivity index (χ2v) is 14.8. The number of thioether (sulfide) groups is 1. The molecule has 9 heteroatoms. The molecule has 6 atom stereocenters. The number of hydrogen-bond donors (Lipinski definition) is 1. The Bertz CT molecular complexity index is 1270.